The maximum absolute atomic E-state index is 10.1. The quantitative estimate of drug-likeness (QED) is 0.543. The van der Waals surface area contributed by atoms with Gasteiger partial charge in [-0.25, -0.2) is 0 Å². The number of hydrogen-bond acceptors (Lipinski definition) is 4. The van der Waals surface area contributed by atoms with Crippen molar-refractivity contribution in [3.8, 4) is 0 Å². The normalized spacial score (nSPS) is 19.3. The molecule has 1 aliphatic rings. The van der Waals surface area contributed by atoms with E-state index in [2.05, 4.69) is 13.2 Å². The minimum Gasteiger partial charge on any atom is -0.409 e. The Balaban J connectivity index is 2.96. The number of benzene rings is 1. The van der Waals surface area contributed by atoms with Gasteiger partial charge in [0.05, 0.1) is 11.2 Å². The first-order valence-electron chi connectivity index (χ1n) is 10.7. The molecule has 1 heterocycles. The second kappa shape index (κ2) is 9.33. The fraction of sp³-hybridized carbons (Fsp3) is 0.440. The number of allylic oxidation sites excluding steroid dienone is 2. The van der Waals surface area contributed by atoms with E-state index in [0.29, 0.717) is 0 Å². The van der Waals surface area contributed by atoms with Gasteiger partial charge in [0.1, 0.15) is 5.79 Å². The molecule has 1 aromatic carbocycles. The topological polar surface area (TPSA) is 47.9 Å². The summed E-state index contributed by atoms with van der Waals surface area (Å²) in [5.74, 6) is -1.31. The molecule has 0 aliphatic carbocycles. The first-order chi connectivity index (χ1) is 14.3. The second-order valence-electron chi connectivity index (χ2n) is 9.15. The summed E-state index contributed by atoms with van der Waals surface area (Å²) in [7, 11) is 1.03. The average molecular weight is 421 g/mol. The maximum atomic E-state index is 10.1. The second-order valence-corrected chi connectivity index (χ2v) is 9.15. The summed E-state index contributed by atoms with van der Waals surface area (Å²) in [6, 6.07) is 0. The zero-order valence-electron chi connectivity index (χ0n) is 20.2. The van der Waals surface area contributed by atoms with Crippen LogP contribution < -0.4 is 21.4 Å². The van der Waals surface area contributed by atoms with Crippen molar-refractivity contribution in [2.24, 2.45) is 0 Å². The molecular formula is C25H35B2O4. The fourth-order valence-electron chi connectivity index (χ4n) is 3.59. The van der Waals surface area contributed by atoms with Crippen LogP contribution in [0.15, 0.2) is 25.3 Å². The Morgan fingerprint density at radius 1 is 1.03 bits per heavy atom. The predicted molar refractivity (Wildman–Crippen MR) is 134 cm³/mol. The molecule has 0 spiro atoms. The highest BCUT2D eigenvalue weighted by Crippen LogP contribution is 2.36. The fourth-order valence-corrected chi connectivity index (χ4v) is 3.59. The summed E-state index contributed by atoms with van der Waals surface area (Å²) in [4.78, 5) is 0. The molecule has 1 fully saturated rings. The van der Waals surface area contributed by atoms with E-state index in [0.717, 1.165) is 32.5 Å². The van der Waals surface area contributed by atoms with Crippen molar-refractivity contribution in [3.05, 3.63) is 46.9 Å². The molecule has 0 unspecified atom stereocenters. The number of hydrogen-bond donors (Lipinski definition) is 1. The molecule has 6 heteroatoms. The van der Waals surface area contributed by atoms with Gasteiger partial charge in [0, 0.05) is 0 Å². The van der Waals surface area contributed by atoms with Crippen LogP contribution in [0, 0.1) is 0 Å². The van der Waals surface area contributed by atoms with Crippen molar-refractivity contribution in [2.45, 2.75) is 72.4 Å². The molecule has 1 N–H and O–H groups in total. The summed E-state index contributed by atoms with van der Waals surface area (Å²) in [5.41, 5.74) is 2.59. The van der Waals surface area contributed by atoms with E-state index >= 15 is 0 Å². The van der Waals surface area contributed by atoms with E-state index in [-0.39, 0.29) is 0 Å². The Kier molecular flexibility index (Phi) is 7.65. The van der Waals surface area contributed by atoms with Gasteiger partial charge in [0.25, 0.3) is 0 Å². The van der Waals surface area contributed by atoms with Gasteiger partial charge < -0.3 is 19.1 Å². The highest BCUT2D eigenvalue weighted by molar-refractivity contribution is 6.63. The molecule has 31 heavy (non-hydrogen) atoms. The predicted octanol–water partition coefficient (Wildman–Crippen LogP) is 2.42. The van der Waals surface area contributed by atoms with E-state index in [4.69, 9.17) is 14.0 Å². The standard InChI is InChI=1S/C25H35B2O4/c1-11-15-19-17(13-3)21(26-29-25(9,10)28)18(14-4)20(16-12-2)22(19)27-30-23(5,6)24(7,8)31-27/h11-16,28H,1,4H2,2-3,5-10H3/b16-12-,17-13+,19-15+. The SMILES string of the molecule is C=C/C=c1/c(B2OC(C)(C)C(C)(C)O2)c(/C=C\C)c(C=C)c([B]OC(C)(C)O)/c1=C/C. The summed E-state index contributed by atoms with van der Waals surface area (Å²) in [5, 5.41) is 12.0. The molecule has 0 atom stereocenters. The Morgan fingerprint density at radius 2 is 1.61 bits per heavy atom. The zero-order chi connectivity index (χ0) is 23.6. The van der Waals surface area contributed by atoms with Gasteiger partial charge in [-0.05, 0) is 87.9 Å². The van der Waals surface area contributed by atoms with Crippen LogP contribution in [0.4, 0.5) is 0 Å². The third kappa shape index (κ3) is 5.15. The van der Waals surface area contributed by atoms with Crippen LogP contribution in [0.5, 0.6) is 0 Å². The maximum Gasteiger partial charge on any atom is 0.496 e. The summed E-state index contributed by atoms with van der Waals surface area (Å²) >= 11 is 0. The molecule has 1 radical (unpaired) electrons. The largest absolute Gasteiger partial charge is 0.496 e. The van der Waals surface area contributed by atoms with Crippen molar-refractivity contribution in [3.63, 3.8) is 0 Å². The van der Waals surface area contributed by atoms with Gasteiger partial charge >= 0.3 is 14.6 Å². The molecule has 0 amide bonds. The molecular weight excluding hydrogens is 386 g/mol. The Hall–Kier alpha value is -1.85. The van der Waals surface area contributed by atoms with Crippen LogP contribution in [0.25, 0.3) is 24.3 Å². The van der Waals surface area contributed by atoms with E-state index in [1.165, 1.54) is 0 Å². The minimum absolute atomic E-state index is 0.477. The van der Waals surface area contributed by atoms with Crippen molar-refractivity contribution in [1.82, 2.24) is 0 Å². The third-order valence-electron chi connectivity index (χ3n) is 5.81. The van der Waals surface area contributed by atoms with Crippen LogP contribution in [-0.2, 0) is 14.0 Å². The summed E-state index contributed by atoms with van der Waals surface area (Å²) in [6.45, 7) is 23.3. The molecule has 0 aromatic heterocycles. The van der Waals surface area contributed by atoms with Crippen molar-refractivity contribution >= 4 is 49.8 Å². The molecule has 2 rings (SSSR count). The first-order valence-corrected chi connectivity index (χ1v) is 10.7. The van der Waals surface area contributed by atoms with Crippen LogP contribution in [0.1, 0.15) is 66.5 Å². The van der Waals surface area contributed by atoms with Gasteiger partial charge in [-0.15, -0.1) is 0 Å². The lowest BCUT2D eigenvalue weighted by Crippen LogP contribution is -2.58. The molecule has 0 bridgehead atoms. The Bertz CT molecular complexity index is 982. The molecule has 0 saturated carbocycles. The van der Waals surface area contributed by atoms with Crippen molar-refractivity contribution < 1.29 is 19.1 Å². The Labute approximate surface area is 188 Å². The zero-order valence-corrected chi connectivity index (χ0v) is 20.2. The molecule has 165 valence electrons. The highest BCUT2D eigenvalue weighted by atomic mass is 16.7. The third-order valence-corrected chi connectivity index (χ3v) is 5.81. The van der Waals surface area contributed by atoms with Crippen LogP contribution >= 0.6 is 0 Å². The summed E-state index contributed by atoms with van der Waals surface area (Å²) < 4.78 is 18.5. The number of rotatable bonds is 7. The smallest absolute Gasteiger partial charge is 0.409 e. The monoisotopic (exact) mass is 421 g/mol. The van der Waals surface area contributed by atoms with Crippen molar-refractivity contribution in [2.75, 3.05) is 0 Å². The number of aliphatic hydroxyl groups is 1. The van der Waals surface area contributed by atoms with Crippen molar-refractivity contribution in [1.29, 1.82) is 0 Å². The average Bonchev–Trinajstić information content (AvgIpc) is 2.86. The van der Waals surface area contributed by atoms with E-state index < -0.39 is 24.1 Å². The molecule has 1 aliphatic heterocycles. The lowest BCUT2D eigenvalue weighted by molar-refractivity contribution is -0.102. The van der Waals surface area contributed by atoms with Gasteiger partial charge in [-0.3, -0.25) is 0 Å². The van der Waals surface area contributed by atoms with Gasteiger partial charge in [-0.1, -0.05) is 49.6 Å². The molecule has 1 aromatic rings. The van der Waals surface area contributed by atoms with E-state index in [1.807, 2.05) is 65.8 Å². The lowest BCUT2D eigenvalue weighted by atomic mass is 9.68. The first kappa shape index (κ1) is 25.4. The molecule has 4 nitrogen and oxygen atoms in total. The van der Waals surface area contributed by atoms with Gasteiger partial charge in [0.2, 0.25) is 0 Å². The van der Waals surface area contributed by atoms with Crippen LogP contribution in [-0.4, -0.2) is 36.7 Å². The van der Waals surface area contributed by atoms with Crippen LogP contribution in [0.3, 0.4) is 0 Å². The lowest BCUT2D eigenvalue weighted by Gasteiger charge is -2.32. The van der Waals surface area contributed by atoms with E-state index in [9.17, 15) is 5.11 Å². The summed E-state index contributed by atoms with van der Waals surface area (Å²) in [6.07, 6.45) is 11.5. The van der Waals surface area contributed by atoms with Gasteiger partial charge in [-0.2, -0.15) is 0 Å². The Morgan fingerprint density at radius 3 is 2.03 bits per heavy atom. The molecule has 1 saturated heterocycles. The van der Waals surface area contributed by atoms with Crippen LogP contribution in [0.2, 0.25) is 0 Å². The highest BCUT2D eigenvalue weighted by Gasteiger charge is 2.52. The van der Waals surface area contributed by atoms with Gasteiger partial charge in [0.15, 0.2) is 0 Å². The van der Waals surface area contributed by atoms with E-state index in [1.54, 1.807) is 33.5 Å². The minimum atomic E-state index is -1.31.